The van der Waals surface area contributed by atoms with Gasteiger partial charge in [-0.25, -0.2) is 13.1 Å². The summed E-state index contributed by atoms with van der Waals surface area (Å²) in [6.07, 6.45) is 0. The van der Waals surface area contributed by atoms with Crippen molar-refractivity contribution in [2.75, 3.05) is 0 Å². The van der Waals surface area contributed by atoms with Gasteiger partial charge in [0, 0.05) is 26.1 Å². The fraction of sp³-hybridized carbons (Fsp3) is 0.385. The molecule has 0 fully saturated rings. The van der Waals surface area contributed by atoms with Crippen molar-refractivity contribution in [1.82, 2.24) is 4.72 Å². The first-order valence-corrected chi connectivity index (χ1v) is 9.33. The minimum atomic E-state index is -3.51. The van der Waals surface area contributed by atoms with Crippen LogP contribution in [0, 0.1) is 13.8 Å². The van der Waals surface area contributed by atoms with E-state index in [0.29, 0.717) is 11.4 Å². The predicted octanol–water partition coefficient (Wildman–Crippen LogP) is 2.92. The summed E-state index contributed by atoms with van der Waals surface area (Å²) in [5, 5.41) is 0. The first kappa shape index (κ1) is 15.7. The van der Waals surface area contributed by atoms with Crippen molar-refractivity contribution < 1.29 is 8.42 Å². The van der Waals surface area contributed by atoms with Crippen LogP contribution in [-0.2, 0) is 16.6 Å². The largest absolute Gasteiger partial charge is 0.326 e. The van der Waals surface area contributed by atoms with Gasteiger partial charge < -0.3 is 5.73 Å². The molecule has 2 aromatic heterocycles. The van der Waals surface area contributed by atoms with Gasteiger partial charge in [-0.2, -0.15) is 0 Å². The van der Waals surface area contributed by atoms with Crippen molar-refractivity contribution in [3.8, 4) is 0 Å². The van der Waals surface area contributed by atoms with E-state index >= 15 is 0 Å². The number of rotatable bonds is 5. The number of aryl methyl sites for hydroxylation is 2. The monoisotopic (exact) mass is 330 g/mol. The molecule has 0 spiro atoms. The molecule has 0 aliphatic heterocycles. The molecule has 20 heavy (non-hydrogen) atoms. The highest BCUT2D eigenvalue weighted by atomic mass is 32.2. The molecule has 7 heteroatoms. The summed E-state index contributed by atoms with van der Waals surface area (Å²) in [6.45, 7) is 6.03. The average Bonchev–Trinajstić information content (AvgIpc) is 2.95. The molecule has 4 nitrogen and oxygen atoms in total. The Morgan fingerprint density at radius 3 is 2.50 bits per heavy atom. The van der Waals surface area contributed by atoms with E-state index < -0.39 is 10.0 Å². The molecule has 1 unspecified atom stereocenters. The van der Waals surface area contributed by atoms with Crippen molar-refractivity contribution >= 4 is 32.7 Å². The van der Waals surface area contributed by atoms with Crippen LogP contribution in [0.1, 0.15) is 32.5 Å². The van der Waals surface area contributed by atoms with Crippen LogP contribution in [0.2, 0.25) is 0 Å². The third-order valence-corrected chi connectivity index (χ3v) is 6.99. The lowest BCUT2D eigenvalue weighted by atomic mass is 10.3. The Bertz CT molecular complexity index is 701. The van der Waals surface area contributed by atoms with Gasteiger partial charge in [0.05, 0.1) is 10.9 Å². The first-order chi connectivity index (χ1) is 9.33. The van der Waals surface area contributed by atoms with E-state index in [1.165, 1.54) is 16.2 Å². The summed E-state index contributed by atoms with van der Waals surface area (Å²) in [5.74, 6) is 0. The normalized spacial score (nSPS) is 13.6. The van der Waals surface area contributed by atoms with E-state index in [4.69, 9.17) is 5.73 Å². The van der Waals surface area contributed by atoms with Crippen molar-refractivity contribution in [2.45, 2.75) is 38.3 Å². The molecule has 1 atom stereocenters. The molecule has 2 heterocycles. The molecule has 0 aliphatic rings. The Labute approximate surface area is 127 Å². The van der Waals surface area contributed by atoms with Crippen molar-refractivity contribution in [3.63, 3.8) is 0 Å². The molecule has 2 aromatic rings. The highest BCUT2D eigenvalue weighted by molar-refractivity contribution is 7.89. The molecule has 0 radical (unpaired) electrons. The van der Waals surface area contributed by atoms with E-state index in [0.717, 1.165) is 14.6 Å². The number of nitrogens with one attached hydrogen (secondary N) is 1. The van der Waals surface area contributed by atoms with E-state index in [1.54, 1.807) is 24.3 Å². The minimum Gasteiger partial charge on any atom is -0.326 e. The molecule has 2 rings (SSSR count). The topological polar surface area (TPSA) is 72.2 Å². The number of nitrogens with two attached hydrogens (primary N) is 1. The molecule has 0 aromatic carbocycles. The highest BCUT2D eigenvalue weighted by Gasteiger charge is 2.23. The summed E-state index contributed by atoms with van der Waals surface area (Å²) in [7, 11) is -3.51. The summed E-state index contributed by atoms with van der Waals surface area (Å²) >= 11 is 3.03. The smallest absolute Gasteiger partial charge is 0.242 e. The second kappa shape index (κ2) is 5.95. The maximum absolute atomic E-state index is 12.4. The van der Waals surface area contributed by atoms with Gasteiger partial charge in [-0.3, -0.25) is 0 Å². The molecule has 110 valence electrons. The van der Waals surface area contributed by atoms with E-state index in [1.807, 2.05) is 26.0 Å². The molecule has 3 N–H and O–H groups in total. The van der Waals surface area contributed by atoms with Crippen LogP contribution in [-0.4, -0.2) is 8.42 Å². The second-order valence-corrected chi connectivity index (χ2v) is 8.97. The molecule has 0 bridgehead atoms. The van der Waals surface area contributed by atoms with Crippen LogP contribution >= 0.6 is 22.7 Å². The number of thiophene rings is 2. The van der Waals surface area contributed by atoms with E-state index in [2.05, 4.69) is 4.72 Å². The fourth-order valence-corrected chi connectivity index (χ4v) is 5.62. The summed E-state index contributed by atoms with van der Waals surface area (Å²) < 4.78 is 27.6. The Balaban J connectivity index is 2.24. The molecular formula is C13H18N2O2S3. The molecule has 0 aliphatic carbocycles. The molecular weight excluding hydrogens is 312 g/mol. The summed E-state index contributed by atoms with van der Waals surface area (Å²) in [5.41, 5.74) is 5.57. The number of hydrogen-bond acceptors (Lipinski definition) is 5. The zero-order valence-corrected chi connectivity index (χ0v) is 14.1. The van der Waals surface area contributed by atoms with E-state index in [9.17, 15) is 8.42 Å². The van der Waals surface area contributed by atoms with Gasteiger partial charge in [0.25, 0.3) is 0 Å². The quantitative estimate of drug-likeness (QED) is 0.885. The van der Waals surface area contributed by atoms with Crippen LogP contribution < -0.4 is 10.5 Å². The Morgan fingerprint density at radius 1 is 1.30 bits per heavy atom. The minimum absolute atomic E-state index is 0.237. The highest BCUT2D eigenvalue weighted by Crippen LogP contribution is 2.28. The SMILES string of the molecule is Cc1ccc(C(C)NS(=O)(=O)c2cc(CN)sc2C)s1. The van der Waals surface area contributed by atoms with Gasteiger partial charge in [-0.1, -0.05) is 0 Å². The third kappa shape index (κ3) is 3.29. The Morgan fingerprint density at radius 2 is 2.00 bits per heavy atom. The lowest BCUT2D eigenvalue weighted by molar-refractivity contribution is 0.568. The van der Waals surface area contributed by atoms with Crippen molar-refractivity contribution in [3.05, 3.63) is 37.7 Å². The van der Waals surface area contributed by atoms with Gasteiger partial charge in [-0.15, -0.1) is 22.7 Å². The lowest BCUT2D eigenvalue weighted by Crippen LogP contribution is -2.26. The van der Waals surface area contributed by atoms with Crippen molar-refractivity contribution in [2.24, 2.45) is 5.73 Å². The van der Waals surface area contributed by atoms with Crippen LogP contribution in [0.4, 0.5) is 0 Å². The maximum atomic E-state index is 12.4. The van der Waals surface area contributed by atoms with Crippen LogP contribution in [0.5, 0.6) is 0 Å². The summed E-state index contributed by atoms with van der Waals surface area (Å²) in [4.78, 5) is 4.17. The van der Waals surface area contributed by atoms with Crippen LogP contribution in [0.25, 0.3) is 0 Å². The lowest BCUT2D eigenvalue weighted by Gasteiger charge is -2.12. The zero-order valence-electron chi connectivity index (χ0n) is 11.6. The van der Waals surface area contributed by atoms with Gasteiger partial charge in [0.2, 0.25) is 10.0 Å². The number of sulfonamides is 1. The van der Waals surface area contributed by atoms with Crippen molar-refractivity contribution in [1.29, 1.82) is 0 Å². The standard InChI is InChI=1S/C13H18N2O2S3/c1-8-4-5-12(18-8)9(2)15-20(16,17)13-6-11(7-14)19-10(13)3/h4-6,9,15H,7,14H2,1-3H3. The third-order valence-electron chi connectivity index (χ3n) is 2.93. The molecule has 0 saturated heterocycles. The predicted molar refractivity (Wildman–Crippen MR) is 84.7 cm³/mol. The maximum Gasteiger partial charge on any atom is 0.242 e. The molecule has 0 saturated carbocycles. The van der Waals surface area contributed by atoms with Gasteiger partial charge in [0.1, 0.15) is 0 Å². The van der Waals surface area contributed by atoms with E-state index in [-0.39, 0.29) is 6.04 Å². The average molecular weight is 330 g/mol. The molecule has 0 amide bonds. The first-order valence-electron chi connectivity index (χ1n) is 6.21. The second-order valence-electron chi connectivity index (χ2n) is 4.63. The fourth-order valence-electron chi connectivity index (χ4n) is 1.93. The van der Waals surface area contributed by atoms with Crippen LogP contribution in [0.15, 0.2) is 23.1 Å². The Hall–Kier alpha value is -0.730. The van der Waals surface area contributed by atoms with Gasteiger partial charge >= 0.3 is 0 Å². The van der Waals surface area contributed by atoms with Gasteiger partial charge in [0.15, 0.2) is 0 Å². The zero-order chi connectivity index (χ0) is 14.9. The van der Waals surface area contributed by atoms with Crippen LogP contribution in [0.3, 0.4) is 0 Å². The Kier molecular flexibility index (Phi) is 4.66. The summed E-state index contributed by atoms with van der Waals surface area (Å²) in [6, 6.07) is 5.38. The van der Waals surface area contributed by atoms with Gasteiger partial charge in [-0.05, 0) is 39.0 Å². The number of hydrogen-bond donors (Lipinski definition) is 2.